The van der Waals surface area contributed by atoms with Gasteiger partial charge in [-0.05, 0) is 18.6 Å². The summed E-state index contributed by atoms with van der Waals surface area (Å²) >= 11 is 0. The number of carbonyl (C=O) groups excluding carboxylic acids is 2. The van der Waals surface area contributed by atoms with Crippen molar-refractivity contribution in [2.45, 2.75) is 19.8 Å². The molecule has 1 heterocycles. The highest BCUT2D eigenvalue weighted by Gasteiger charge is 2.09. The van der Waals surface area contributed by atoms with E-state index in [2.05, 4.69) is 25.9 Å². The second-order valence-corrected chi connectivity index (χ2v) is 2.90. The van der Waals surface area contributed by atoms with Crippen LogP contribution in [0, 0.1) is 0 Å². The molecular formula is C8H13N5O3. The molecule has 0 radical (unpaired) electrons. The highest BCUT2D eigenvalue weighted by Crippen LogP contribution is 1.92. The third kappa shape index (κ3) is 4.03. The number of nitrogens with zero attached hydrogens (tertiary/aromatic N) is 3. The monoisotopic (exact) mass is 227 g/mol. The lowest BCUT2D eigenvalue weighted by Gasteiger charge is -2.02. The Morgan fingerprint density at radius 3 is 2.94 bits per heavy atom. The number of ether oxygens (including phenoxy) is 1. The molecule has 0 aliphatic rings. The highest BCUT2D eigenvalue weighted by molar-refractivity contribution is 5.89. The van der Waals surface area contributed by atoms with E-state index in [-0.39, 0.29) is 18.2 Å². The summed E-state index contributed by atoms with van der Waals surface area (Å²) in [4.78, 5) is 22.2. The predicted octanol–water partition coefficient (Wildman–Crippen LogP) is -0.727. The number of rotatable bonds is 6. The lowest BCUT2D eigenvalue weighted by atomic mass is 10.3. The zero-order valence-electron chi connectivity index (χ0n) is 8.89. The zero-order valence-corrected chi connectivity index (χ0v) is 8.89. The van der Waals surface area contributed by atoms with E-state index in [1.165, 1.54) is 0 Å². The largest absolute Gasteiger partial charge is 0.466 e. The number of esters is 1. The van der Waals surface area contributed by atoms with Crippen LogP contribution in [0.1, 0.15) is 30.4 Å². The van der Waals surface area contributed by atoms with Crippen molar-refractivity contribution in [2.24, 2.45) is 0 Å². The molecule has 0 fully saturated rings. The molecular weight excluding hydrogens is 214 g/mol. The van der Waals surface area contributed by atoms with Gasteiger partial charge in [-0.25, -0.2) is 0 Å². The van der Waals surface area contributed by atoms with Crippen LogP contribution in [0.2, 0.25) is 0 Å². The summed E-state index contributed by atoms with van der Waals surface area (Å²) in [6.45, 7) is 2.48. The van der Waals surface area contributed by atoms with Gasteiger partial charge >= 0.3 is 5.97 Å². The van der Waals surface area contributed by atoms with E-state index < -0.39 is 5.91 Å². The molecule has 1 amide bonds. The summed E-state index contributed by atoms with van der Waals surface area (Å²) in [6.07, 6.45) is 0.794. The van der Waals surface area contributed by atoms with Crippen LogP contribution in [0.25, 0.3) is 0 Å². The number of hydrogen-bond acceptors (Lipinski definition) is 6. The van der Waals surface area contributed by atoms with Crippen LogP contribution in [0.5, 0.6) is 0 Å². The molecule has 0 unspecified atom stereocenters. The molecule has 8 heteroatoms. The van der Waals surface area contributed by atoms with E-state index in [1.807, 2.05) is 0 Å². The van der Waals surface area contributed by atoms with Gasteiger partial charge in [0, 0.05) is 13.0 Å². The fraction of sp³-hybridized carbons (Fsp3) is 0.625. The average Bonchev–Trinajstić information content (AvgIpc) is 2.78. The first-order chi connectivity index (χ1) is 7.74. The van der Waals surface area contributed by atoms with E-state index >= 15 is 0 Å². The van der Waals surface area contributed by atoms with Crippen molar-refractivity contribution in [2.75, 3.05) is 13.2 Å². The van der Waals surface area contributed by atoms with Gasteiger partial charge in [-0.3, -0.25) is 9.59 Å². The second-order valence-electron chi connectivity index (χ2n) is 2.90. The van der Waals surface area contributed by atoms with Crippen LogP contribution in [0.3, 0.4) is 0 Å². The van der Waals surface area contributed by atoms with Crippen molar-refractivity contribution in [3.8, 4) is 0 Å². The molecule has 1 aromatic rings. The predicted molar refractivity (Wildman–Crippen MR) is 52.4 cm³/mol. The molecule has 0 aliphatic heterocycles. The Morgan fingerprint density at radius 2 is 2.31 bits per heavy atom. The number of amides is 1. The Kier molecular flexibility index (Phi) is 4.90. The summed E-state index contributed by atoms with van der Waals surface area (Å²) in [7, 11) is 0. The minimum atomic E-state index is -0.419. The number of carbonyl (C=O) groups is 2. The van der Waals surface area contributed by atoms with Crippen LogP contribution in [-0.2, 0) is 9.53 Å². The fourth-order valence-corrected chi connectivity index (χ4v) is 1.00. The fourth-order valence-electron chi connectivity index (χ4n) is 1.00. The van der Waals surface area contributed by atoms with Crippen LogP contribution in [-0.4, -0.2) is 45.7 Å². The van der Waals surface area contributed by atoms with Gasteiger partial charge in [0.15, 0.2) is 0 Å². The smallest absolute Gasteiger partial charge is 0.305 e. The number of aromatic nitrogens is 4. The van der Waals surface area contributed by atoms with Gasteiger partial charge in [-0.2, -0.15) is 5.21 Å². The number of aromatic amines is 1. The van der Waals surface area contributed by atoms with Gasteiger partial charge in [0.2, 0.25) is 0 Å². The molecule has 1 aromatic heterocycles. The van der Waals surface area contributed by atoms with E-state index in [0.717, 1.165) is 0 Å². The molecule has 0 aliphatic carbocycles. The first-order valence-electron chi connectivity index (χ1n) is 4.91. The van der Waals surface area contributed by atoms with Crippen molar-refractivity contribution < 1.29 is 14.3 Å². The van der Waals surface area contributed by atoms with Gasteiger partial charge in [0.25, 0.3) is 11.7 Å². The summed E-state index contributed by atoms with van der Waals surface area (Å²) in [6, 6.07) is 0. The quantitative estimate of drug-likeness (QED) is 0.490. The maximum atomic E-state index is 11.3. The number of hydrogen-bond donors (Lipinski definition) is 2. The molecule has 16 heavy (non-hydrogen) atoms. The average molecular weight is 227 g/mol. The Labute approximate surface area is 91.7 Å². The molecule has 88 valence electrons. The van der Waals surface area contributed by atoms with Gasteiger partial charge < -0.3 is 10.1 Å². The molecule has 0 bridgehead atoms. The Balaban J connectivity index is 2.12. The first kappa shape index (κ1) is 12.1. The number of nitrogens with one attached hydrogen (secondary N) is 2. The van der Waals surface area contributed by atoms with Crippen molar-refractivity contribution in [3.05, 3.63) is 5.82 Å². The summed E-state index contributed by atoms with van der Waals surface area (Å²) in [5, 5.41) is 15.0. The molecule has 0 atom stereocenters. The topological polar surface area (TPSA) is 110 Å². The number of tetrazole rings is 1. The maximum Gasteiger partial charge on any atom is 0.305 e. The third-order valence-corrected chi connectivity index (χ3v) is 1.70. The molecule has 8 nitrogen and oxygen atoms in total. The van der Waals surface area contributed by atoms with Crippen LogP contribution in [0.4, 0.5) is 0 Å². The lowest BCUT2D eigenvalue weighted by molar-refractivity contribution is -0.143. The molecule has 0 spiro atoms. The van der Waals surface area contributed by atoms with Gasteiger partial charge in [-0.1, -0.05) is 0 Å². The Hall–Kier alpha value is -1.99. The minimum Gasteiger partial charge on any atom is -0.466 e. The van der Waals surface area contributed by atoms with Crippen molar-refractivity contribution in [1.82, 2.24) is 25.9 Å². The SMILES string of the molecule is CCOC(=O)CCCNC(=O)c1nn[nH]n1. The van der Waals surface area contributed by atoms with Crippen molar-refractivity contribution in [3.63, 3.8) is 0 Å². The second kappa shape index (κ2) is 6.49. The number of H-pyrrole nitrogens is 1. The van der Waals surface area contributed by atoms with Gasteiger partial charge in [0.1, 0.15) is 0 Å². The molecule has 2 N–H and O–H groups in total. The van der Waals surface area contributed by atoms with Crippen LogP contribution in [0.15, 0.2) is 0 Å². The summed E-state index contributed by atoms with van der Waals surface area (Å²) in [5.74, 6) is -0.704. The lowest BCUT2D eigenvalue weighted by Crippen LogP contribution is -2.26. The maximum absolute atomic E-state index is 11.3. The molecule has 0 saturated carbocycles. The van der Waals surface area contributed by atoms with E-state index in [1.54, 1.807) is 6.92 Å². The zero-order chi connectivity index (χ0) is 11.8. The third-order valence-electron chi connectivity index (χ3n) is 1.70. The Morgan fingerprint density at radius 1 is 1.50 bits per heavy atom. The van der Waals surface area contributed by atoms with E-state index in [0.29, 0.717) is 19.6 Å². The van der Waals surface area contributed by atoms with Crippen molar-refractivity contribution in [1.29, 1.82) is 0 Å². The first-order valence-corrected chi connectivity index (χ1v) is 4.91. The van der Waals surface area contributed by atoms with Gasteiger partial charge in [0.05, 0.1) is 6.61 Å². The van der Waals surface area contributed by atoms with E-state index in [9.17, 15) is 9.59 Å². The molecule has 1 rings (SSSR count). The summed E-state index contributed by atoms with van der Waals surface area (Å²) < 4.78 is 4.73. The Bertz CT molecular complexity index is 337. The minimum absolute atomic E-state index is 0.0175. The van der Waals surface area contributed by atoms with Crippen LogP contribution >= 0.6 is 0 Å². The summed E-state index contributed by atoms with van der Waals surface area (Å²) in [5.41, 5.74) is 0. The highest BCUT2D eigenvalue weighted by atomic mass is 16.5. The molecule has 0 aromatic carbocycles. The van der Waals surface area contributed by atoms with Gasteiger partial charge in [-0.15, -0.1) is 10.2 Å². The standard InChI is InChI=1S/C8H13N5O3/c1-2-16-6(14)4-3-5-9-8(15)7-10-12-13-11-7/h2-5H2,1H3,(H,9,15)(H,10,11,12,13). The van der Waals surface area contributed by atoms with Crippen LogP contribution < -0.4 is 5.32 Å². The van der Waals surface area contributed by atoms with Crippen molar-refractivity contribution >= 4 is 11.9 Å². The van der Waals surface area contributed by atoms with E-state index in [4.69, 9.17) is 4.74 Å². The normalized spacial score (nSPS) is 9.81. The molecule has 0 saturated heterocycles.